The average Bonchev–Trinajstić information content (AvgIpc) is 2.09. The Kier molecular flexibility index (Phi) is 2.99. The van der Waals surface area contributed by atoms with E-state index in [0.29, 0.717) is 6.42 Å². The Morgan fingerprint density at radius 1 is 1.46 bits per heavy atom. The molecule has 1 nitrogen and oxygen atoms in total. The molecule has 0 amide bonds. The number of hydrogen-bond donors (Lipinski definition) is 1. The topological polar surface area (TPSA) is 20.2 Å². The molecule has 0 aromatic heterocycles. The molecule has 72 valence electrons. The second-order valence-electron chi connectivity index (χ2n) is 3.59. The minimum atomic E-state index is -0.741. The summed E-state index contributed by atoms with van der Waals surface area (Å²) < 4.78 is 0. The van der Waals surface area contributed by atoms with Gasteiger partial charge in [-0.2, -0.15) is 0 Å². The third-order valence-electron chi connectivity index (χ3n) is 2.47. The predicted octanol–water partition coefficient (Wildman–Crippen LogP) is 3.27. The van der Waals surface area contributed by atoms with Crippen LogP contribution in [0.15, 0.2) is 18.2 Å². The van der Waals surface area contributed by atoms with Gasteiger partial charge < -0.3 is 5.11 Å². The molecule has 0 saturated carbocycles. The Balaban J connectivity index is 3.10. The van der Waals surface area contributed by atoms with E-state index in [1.54, 1.807) is 0 Å². The summed E-state index contributed by atoms with van der Waals surface area (Å²) in [6.07, 6.45) is 0.702. The van der Waals surface area contributed by atoms with Crippen LogP contribution in [-0.4, -0.2) is 5.11 Å². The Morgan fingerprint density at radius 3 is 2.54 bits per heavy atom. The molecule has 0 fully saturated rings. The second kappa shape index (κ2) is 3.69. The van der Waals surface area contributed by atoms with Gasteiger partial charge in [0.25, 0.3) is 0 Å². The van der Waals surface area contributed by atoms with Gasteiger partial charge in [0.15, 0.2) is 0 Å². The number of benzene rings is 1. The molecule has 0 aliphatic carbocycles. The largest absolute Gasteiger partial charge is 0.385 e. The quantitative estimate of drug-likeness (QED) is 0.774. The molecular weight excluding hydrogens is 184 g/mol. The monoisotopic (exact) mass is 198 g/mol. The van der Waals surface area contributed by atoms with Crippen molar-refractivity contribution in [2.24, 2.45) is 0 Å². The third kappa shape index (κ3) is 2.23. The lowest BCUT2D eigenvalue weighted by Crippen LogP contribution is -2.19. The zero-order valence-corrected chi connectivity index (χ0v) is 9.02. The first kappa shape index (κ1) is 10.6. The maximum absolute atomic E-state index is 9.97. The highest BCUT2D eigenvalue weighted by molar-refractivity contribution is 6.31. The van der Waals surface area contributed by atoms with Crippen LogP contribution in [0.2, 0.25) is 5.02 Å². The van der Waals surface area contributed by atoms with Gasteiger partial charge >= 0.3 is 0 Å². The lowest BCUT2D eigenvalue weighted by atomic mass is 9.92. The van der Waals surface area contributed by atoms with E-state index in [1.165, 1.54) is 0 Å². The Labute approximate surface area is 84.4 Å². The van der Waals surface area contributed by atoms with E-state index in [4.69, 9.17) is 11.6 Å². The fourth-order valence-electron chi connectivity index (χ4n) is 1.18. The van der Waals surface area contributed by atoms with Crippen molar-refractivity contribution in [3.05, 3.63) is 34.3 Å². The van der Waals surface area contributed by atoms with Gasteiger partial charge in [-0.15, -0.1) is 0 Å². The van der Waals surface area contributed by atoms with Crippen molar-refractivity contribution >= 4 is 11.6 Å². The summed E-state index contributed by atoms with van der Waals surface area (Å²) in [6, 6.07) is 5.64. The van der Waals surface area contributed by atoms with Crippen molar-refractivity contribution in [1.29, 1.82) is 0 Å². The maximum atomic E-state index is 9.97. The summed E-state index contributed by atoms with van der Waals surface area (Å²) in [5.74, 6) is 0. The summed E-state index contributed by atoms with van der Waals surface area (Å²) in [5.41, 5.74) is 1.19. The zero-order valence-electron chi connectivity index (χ0n) is 8.26. The number of hydrogen-bond acceptors (Lipinski definition) is 1. The first-order chi connectivity index (χ1) is 5.97. The molecule has 1 rings (SSSR count). The molecule has 0 radical (unpaired) electrons. The van der Waals surface area contributed by atoms with Gasteiger partial charge in [0.2, 0.25) is 0 Å². The van der Waals surface area contributed by atoms with Crippen LogP contribution in [0.5, 0.6) is 0 Å². The third-order valence-corrected chi connectivity index (χ3v) is 2.89. The van der Waals surface area contributed by atoms with Gasteiger partial charge in [-0.1, -0.05) is 30.7 Å². The molecule has 13 heavy (non-hydrogen) atoms. The minimum Gasteiger partial charge on any atom is -0.385 e. The van der Waals surface area contributed by atoms with Crippen molar-refractivity contribution in [3.63, 3.8) is 0 Å². The fourth-order valence-corrected chi connectivity index (χ4v) is 1.30. The molecule has 0 spiro atoms. The van der Waals surface area contributed by atoms with E-state index in [2.05, 4.69) is 0 Å². The summed E-state index contributed by atoms with van der Waals surface area (Å²) in [7, 11) is 0. The van der Waals surface area contributed by atoms with E-state index in [-0.39, 0.29) is 0 Å². The van der Waals surface area contributed by atoms with Crippen molar-refractivity contribution < 1.29 is 5.11 Å². The SMILES string of the molecule is CCC(C)(O)c1ccc(Cl)c(C)c1. The van der Waals surface area contributed by atoms with E-state index >= 15 is 0 Å². The maximum Gasteiger partial charge on any atom is 0.0866 e. The van der Waals surface area contributed by atoms with Crippen molar-refractivity contribution in [3.8, 4) is 0 Å². The Morgan fingerprint density at radius 2 is 2.08 bits per heavy atom. The standard InChI is InChI=1S/C11H15ClO/c1-4-11(3,13)9-5-6-10(12)8(2)7-9/h5-7,13H,4H2,1-3H3. The Hall–Kier alpha value is -0.530. The highest BCUT2D eigenvalue weighted by atomic mass is 35.5. The second-order valence-corrected chi connectivity index (χ2v) is 4.00. The average molecular weight is 199 g/mol. The van der Waals surface area contributed by atoms with Crippen LogP contribution in [0.4, 0.5) is 0 Å². The molecule has 1 aromatic rings. The number of aliphatic hydroxyl groups is 1. The lowest BCUT2D eigenvalue weighted by molar-refractivity contribution is 0.0530. The number of aryl methyl sites for hydroxylation is 1. The van der Waals surface area contributed by atoms with Crippen LogP contribution in [0, 0.1) is 6.92 Å². The smallest absolute Gasteiger partial charge is 0.0866 e. The van der Waals surface area contributed by atoms with E-state index in [9.17, 15) is 5.11 Å². The minimum absolute atomic E-state index is 0.702. The van der Waals surface area contributed by atoms with Gasteiger partial charge in [0, 0.05) is 5.02 Å². The first-order valence-electron chi connectivity index (χ1n) is 4.46. The number of halogens is 1. The lowest BCUT2D eigenvalue weighted by Gasteiger charge is -2.22. The summed E-state index contributed by atoms with van der Waals surface area (Å²) in [5, 5.41) is 10.7. The van der Waals surface area contributed by atoms with E-state index < -0.39 is 5.60 Å². The molecule has 1 N–H and O–H groups in total. The first-order valence-corrected chi connectivity index (χ1v) is 4.84. The Bertz CT molecular complexity index is 305. The molecule has 0 aliphatic rings. The van der Waals surface area contributed by atoms with Crippen LogP contribution in [0.3, 0.4) is 0 Å². The molecule has 1 unspecified atom stereocenters. The normalized spacial score (nSPS) is 15.5. The van der Waals surface area contributed by atoms with Crippen LogP contribution in [0.1, 0.15) is 31.4 Å². The highest BCUT2D eigenvalue weighted by Gasteiger charge is 2.20. The van der Waals surface area contributed by atoms with Crippen LogP contribution < -0.4 is 0 Å². The van der Waals surface area contributed by atoms with Gasteiger partial charge in [-0.3, -0.25) is 0 Å². The number of rotatable bonds is 2. The summed E-state index contributed by atoms with van der Waals surface area (Å²) >= 11 is 5.89. The molecule has 1 aromatic carbocycles. The van der Waals surface area contributed by atoms with Gasteiger partial charge in [0.05, 0.1) is 5.60 Å². The highest BCUT2D eigenvalue weighted by Crippen LogP contribution is 2.27. The van der Waals surface area contributed by atoms with E-state index in [1.807, 2.05) is 39.0 Å². The van der Waals surface area contributed by atoms with Crippen LogP contribution >= 0.6 is 11.6 Å². The molecule has 0 bridgehead atoms. The van der Waals surface area contributed by atoms with Gasteiger partial charge in [0.1, 0.15) is 0 Å². The van der Waals surface area contributed by atoms with Crippen LogP contribution in [-0.2, 0) is 5.60 Å². The van der Waals surface area contributed by atoms with Gasteiger partial charge in [-0.25, -0.2) is 0 Å². The molecule has 0 heterocycles. The molecular formula is C11H15ClO. The van der Waals surface area contributed by atoms with Gasteiger partial charge in [-0.05, 0) is 37.5 Å². The van der Waals surface area contributed by atoms with E-state index in [0.717, 1.165) is 16.1 Å². The molecule has 0 saturated heterocycles. The molecule has 1 atom stereocenters. The van der Waals surface area contributed by atoms with Crippen LogP contribution in [0.25, 0.3) is 0 Å². The molecule has 0 aliphatic heterocycles. The predicted molar refractivity (Wildman–Crippen MR) is 56.1 cm³/mol. The summed E-state index contributed by atoms with van der Waals surface area (Å²) in [6.45, 7) is 5.72. The van der Waals surface area contributed by atoms with Crippen molar-refractivity contribution in [2.75, 3.05) is 0 Å². The zero-order chi connectivity index (χ0) is 10.1. The van der Waals surface area contributed by atoms with Crippen molar-refractivity contribution in [2.45, 2.75) is 32.8 Å². The van der Waals surface area contributed by atoms with Crippen molar-refractivity contribution in [1.82, 2.24) is 0 Å². The summed E-state index contributed by atoms with van der Waals surface area (Å²) in [4.78, 5) is 0. The molecule has 2 heteroatoms. The fraction of sp³-hybridized carbons (Fsp3) is 0.455.